The predicted octanol–water partition coefficient (Wildman–Crippen LogP) is 1.11. The molecule has 0 amide bonds. The van der Waals surface area contributed by atoms with Crippen molar-refractivity contribution in [3.63, 3.8) is 0 Å². The molecule has 0 bridgehead atoms. The van der Waals surface area contributed by atoms with Gasteiger partial charge in [-0.15, -0.1) is 11.3 Å². The summed E-state index contributed by atoms with van der Waals surface area (Å²) in [6, 6.07) is 4.06. The molecule has 0 spiro atoms. The second kappa shape index (κ2) is 4.84. The van der Waals surface area contributed by atoms with E-state index >= 15 is 0 Å². The standard InChI is InChI=1S/C7H9N3S2/c8-7(11)10-9-4-3-6-2-1-5-12-6/h1-2,4-5H,3H2,(H3,8,10,11). The van der Waals surface area contributed by atoms with Crippen LogP contribution in [0.25, 0.3) is 0 Å². The average Bonchev–Trinajstić information content (AvgIpc) is 2.49. The molecule has 0 saturated heterocycles. The fourth-order valence-electron chi connectivity index (χ4n) is 0.674. The Morgan fingerprint density at radius 2 is 2.67 bits per heavy atom. The van der Waals surface area contributed by atoms with Crippen molar-refractivity contribution < 1.29 is 0 Å². The maximum absolute atomic E-state index is 5.16. The van der Waals surface area contributed by atoms with E-state index in [9.17, 15) is 0 Å². The van der Waals surface area contributed by atoms with E-state index in [0.717, 1.165) is 6.42 Å². The zero-order valence-electron chi connectivity index (χ0n) is 6.36. The van der Waals surface area contributed by atoms with Crippen LogP contribution in [0.1, 0.15) is 4.88 Å². The Hall–Kier alpha value is -0.940. The molecule has 0 atom stereocenters. The summed E-state index contributed by atoms with van der Waals surface area (Å²) in [5.74, 6) is 0. The summed E-state index contributed by atoms with van der Waals surface area (Å²) < 4.78 is 0. The fourth-order valence-corrected chi connectivity index (χ4v) is 1.39. The highest BCUT2D eigenvalue weighted by Crippen LogP contribution is 2.07. The van der Waals surface area contributed by atoms with Gasteiger partial charge in [-0.2, -0.15) is 5.10 Å². The molecule has 0 aliphatic rings. The molecule has 0 aliphatic carbocycles. The third kappa shape index (κ3) is 3.45. The van der Waals surface area contributed by atoms with Crippen LogP contribution in [0, 0.1) is 0 Å². The first-order valence-corrected chi connectivity index (χ1v) is 4.67. The van der Waals surface area contributed by atoms with Crippen molar-refractivity contribution in [3.8, 4) is 0 Å². The number of nitrogens with two attached hydrogens (primary N) is 1. The van der Waals surface area contributed by atoms with Gasteiger partial charge in [-0.25, -0.2) is 0 Å². The van der Waals surface area contributed by atoms with Crippen molar-refractivity contribution in [1.82, 2.24) is 5.43 Å². The van der Waals surface area contributed by atoms with Crippen molar-refractivity contribution in [2.45, 2.75) is 6.42 Å². The van der Waals surface area contributed by atoms with Gasteiger partial charge in [0.1, 0.15) is 0 Å². The molecule has 0 saturated carbocycles. The Kier molecular flexibility index (Phi) is 3.69. The van der Waals surface area contributed by atoms with Crippen LogP contribution in [0.4, 0.5) is 0 Å². The molecule has 3 nitrogen and oxygen atoms in total. The SMILES string of the molecule is NC(=S)NN=CCc1cccs1. The van der Waals surface area contributed by atoms with E-state index in [-0.39, 0.29) is 5.11 Å². The molecule has 0 aromatic carbocycles. The molecular formula is C7H9N3S2. The van der Waals surface area contributed by atoms with Crippen molar-refractivity contribution in [3.05, 3.63) is 22.4 Å². The predicted molar refractivity (Wildman–Crippen MR) is 56.4 cm³/mol. The number of thiophene rings is 1. The lowest BCUT2D eigenvalue weighted by molar-refractivity contribution is 1.03. The van der Waals surface area contributed by atoms with Crippen LogP contribution in [0.15, 0.2) is 22.6 Å². The van der Waals surface area contributed by atoms with Gasteiger partial charge in [-0.3, -0.25) is 5.43 Å². The number of rotatable bonds is 3. The van der Waals surface area contributed by atoms with Crippen molar-refractivity contribution in [2.24, 2.45) is 10.8 Å². The topological polar surface area (TPSA) is 50.4 Å². The summed E-state index contributed by atoms with van der Waals surface area (Å²) in [4.78, 5) is 1.27. The lowest BCUT2D eigenvalue weighted by Crippen LogP contribution is -2.24. The van der Waals surface area contributed by atoms with E-state index < -0.39 is 0 Å². The zero-order valence-corrected chi connectivity index (χ0v) is 7.99. The monoisotopic (exact) mass is 199 g/mol. The maximum atomic E-state index is 5.16. The Morgan fingerprint density at radius 3 is 3.25 bits per heavy atom. The molecule has 0 radical (unpaired) electrons. The first kappa shape index (κ1) is 9.15. The molecule has 0 unspecified atom stereocenters. The van der Waals surface area contributed by atoms with Crippen LogP contribution in [0.2, 0.25) is 0 Å². The molecule has 1 rings (SSSR count). The summed E-state index contributed by atoms with van der Waals surface area (Å²) in [5.41, 5.74) is 7.65. The Morgan fingerprint density at radius 1 is 1.83 bits per heavy atom. The van der Waals surface area contributed by atoms with Crippen LogP contribution >= 0.6 is 23.6 Å². The zero-order chi connectivity index (χ0) is 8.81. The molecule has 1 aromatic heterocycles. The molecule has 64 valence electrons. The van der Waals surface area contributed by atoms with E-state index in [2.05, 4.69) is 28.8 Å². The third-order valence-electron chi connectivity index (χ3n) is 1.14. The second-order valence-corrected chi connectivity index (χ2v) is 3.54. The van der Waals surface area contributed by atoms with Gasteiger partial charge in [0.05, 0.1) is 0 Å². The number of hydrogen-bond donors (Lipinski definition) is 2. The normalized spacial score (nSPS) is 10.3. The Labute approximate surface area is 80.3 Å². The van der Waals surface area contributed by atoms with Gasteiger partial charge in [0.2, 0.25) is 0 Å². The smallest absolute Gasteiger partial charge is 0.184 e. The fraction of sp³-hybridized carbons (Fsp3) is 0.143. The summed E-state index contributed by atoms with van der Waals surface area (Å²) in [6.45, 7) is 0. The van der Waals surface area contributed by atoms with E-state index in [1.54, 1.807) is 17.6 Å². The minimum Gasteiger partial charge on any atom is -0.375 e. The van der Waals surface area contributed by atoms with Crippen LogP contribution in [-0.4, -0.2) is 11.3 Å². The van der Waals surface area contributed by atoms with Gasteiger partial charge in [0, 0.05) is 17.5 Å². The third-order valence-corrected chi connectivity index (χ3v) is 2.13. The van der Waals surface area contributed by atoms with Gasteiger partial charge in [-0.05, 0) is 23.7 Å². The first-order chi connectivity index (χ1) is 5.79. The van der Waals surface area contributed by atoms with Crippen LogP contribution in [-0.2, 0) is 6.42 Å². The van der Waals surface area contributed by atoms with Gasteiger partial charge in [0.25, 0.3) is 0 Å². The molecule has 12 heavy (non-hydrogen) atoms. The lowest BCUT2D eigenvalue weighted by Gasteiger charge is -1.92. The van der Waals surface area contributed by atoms with E-state index in [1.807, 2.05) is 11.4 Å². The van der Waals surface area contributed by atoms with Gasteiger partial charge < -0.3 is 5.73 Å². The van der Waals surface area contributed by atoms with Crippen LogP contribution < -0.4 is 11.2 Å². The number of thiocarbonyl (C=S) groups is 1. The van der Waals surface area contributed by atoms with Crippen LogP contribution in [0.3, 0.4) is 0 Å². The van der Waals surface area contributed by atoms with E-state index in [0.29, 0.717) is 0 Å². The van der Waals surface area contributed by atoms with Gasteiger partial charge >= 0.3 is 0 Å². The average molecular weight is 199 g/mol. The maximum Gasteiger partial charge on any atom is 0.184 e. The summed E-state index contributed by atoms with van der Waals surface area (Å²) in [5, 5.41) is 6.04. The molecular weight excluding hydrogens is 190 g/mol. The number of hydrogen-bond acceptors (Lipinski definition) is 3. The first-order valence-electron chi connectivity index (χ1n) is 3.38. The second-order valence-electron chi connectivity index (χ2n) is 2.07. The summed E-state index contributed by atoms with van der Waals surface area (Å²) in [7, 11) is 0. The van der Waals surface area contributed by atoms with Crippen molar-refractivity contribution in [2.75, 3.05) is 0 Å². The molecule has 1 aromatic rings. The van der Waals surface area contributed by atoms with Gasteiger partial charge in [-0.1, -0.05) is 6.07 Å². The highest BCUT2D eigenvalue weighted by atomic mass is 32.1. The van der Waals surface area contributed by atoms with Crippen molar-refractivity contribution in [1.29, 1.82) is 0 Å². The minimum atomic E-state index is 0.192. The molecule has 0 fully saturated rings. The largest absolute Gasteiger partial charge is 0.375 e. The molecule has 0 aliphatic heterocycles. The lowest BCUT2D eigenvalue weighted by atomic mass is 10.4. The van der Waals surface area contributed by atoms with Crippen LogP contribution in [0.5, 0.6) is 0 Å². The number of hydrazone groups is 1. The Balaban J connectivity index is 2.26. The van der Waals surface area contributed by atoms with Crippen molar-refractivity contribution >= 4 is 34.9 Å². The summed E-state index contributed by atoms with van der Waals surface area (Å²) in [6.07, 6.45) is 2.55. The highest BCUT2D eigenvalue weighted by Gasteiger charge is 1.88. The van der Waals surface area contributed by atoms with Gasteiger partial charge in [0.15, 0.2) is 5.11 Å². The molecule has 3 N–H and O–H groups in total. The Bertz CT molecular complexity index is 266. The molecule has 5 heteroatoms. The quantitative estimate of drug-likeness (QED) is 0.435. The molecule has 1 heterocycles. The number of nitrogens with one attached hydrogen (secondary N) is 1. The van der Waals surface area contributed by atoms with E-state index in [4.69, 9.17) is 5.73 Å². The number of nitrogens with zero attached hydrogens (tertiary/aromatic N) is 1. The summed E-state index contributed by atoms with van der Waals surface area (Å²) >= 11 is 6.26. The highest BCUT2D eigenvalue weighted by molar-refractivity contribution is 7.80. The minimum absolute atomic E-state index is 0.192. The van der Waals surface area contributed by atoms with E-state index in [1.165, 1.54) is 4.88 Å².